The summed E-state index contributed by atoms with van der Waals surface area (Å²) in [6.45, 7) is -0.359. The highest BCUT2D eigenvalue weighted by Crippen LogP contribution is 2.18. The lowest BCUT2D eigenvalue weighted by molar-refractivity contribution is -0.147. The molecular formula is C19H22N2O5S2. The maximum absolute atomic E-state index is 11.9. The molecule has 0 aromatic heterocycles. The van der Waals surface area contributed by atoms with Crippen molar-refractivity contribution >= 4 is 39.3 Å². The van der Waals surface area contributed by atoms with Crippen molar-refractivity contribution in [3.8, 4) is 0 Å². The largest absolute Gasteiger partial charge is 0.456 e. The molecule has 0 unspecified atom stereocenters. The highest BCUT2D eigenvalue weighted by atomic mass is 32.2. The van der Waals surface area contributed by atoms with Crippen LogP contribution in [0.15, 0.2) is 58.3 Å². The third-order valence-electron chi connectivity index (χ3n) is 3.84. The summed E-state index contributed by atoms with van der Waals surface area (Å²) >= 11 is 1.56. The molecule has 0 radical (unpaired) electrons. The average Bonchev–Trinajstić information content (AvgIpc) is 2.71. The van der Waals surface area contributed by atoms with E-state index in [1.165, 1.54) is 19.2 Å². The fourth-order valence-corrected chi connectivity index (χ4v) is 3.51. The van der Waals surface area contributed by atoms with Crippen LogP contribution >= 0.6 is 11.8 Å². The van der Waals surface area contributed by atoms with Gasteiger partial charge in [0, 0.05) is 17.0 Å². The van der Waals surface area contributed by atoms with Crippen LogP contribution in [0.25, 0.3) is 0 Å². The predicted octanol–water partition coefficient (Wildman–Crippen LogP) is 2.43. The number of carbonyl (C=O) groups excluding carboxylic acids is 2. The SMILES string of the molecule is CNS(=O)(=O)c1ccc(CCC(=O)OCC(=O)Nc2cccc(SC)c2)cc1. The lowest BCUT2D eigenvalue weighted by atomic mass is 10.1. The van der Waals surface area contributed by atoms with Crippen LogP contribution in [0.3, 0.4) is 0 Å². The van der Waals surface area contributed by atoms with E-state index in [9.17, 15) is 18.0 Å². The summed E-state index contributed by atoms with van der Waals surface area (Å²) in [4.78, 5) is 24.9. The molecule has 2 aromatic rings. The molecule has 2 rings (SSSR count). The van der Waals surface area contributed by atoms with Crippen molar-refractivity contribution < 1.29 is 22.7 Å². The molecule has 0 aliphatic rings. The highest BCUT2D eigenvalue weighted by Gasteiger charge is 2.12. The summed E-state index contributed by atoms with van der Waals surface area (Å²) in [6.07, 6.45) is 2.42. The molecule has 0 heterocycles. The number of benzene rings is 2. The van der Waals surface area contributed by atoms with Crippen molar-refractivity contribution in [1.29, 1.82) is 0 Å². The van der Waals surface area contributed by atoms with Gasteiger partial charge in [0.15, 0.2) is 6.61 Å². The molecule has 9 heteroatoms. The first kappa shape index (κ1) is 21.9. The molecule has 7 nitrogen and oxygen atoms in total. The fourth-order valence-electron chi connectivity index (χ4n) is 2.32. The van der Waals surface area contributed by atoms with Crippen molar-refractivity contribution in [1.82, 2.24) is 4.72 Å². The Kier molecular flexibility index (Phi) is 8.04. The van der Waals surface area contributed by atoms with Crippen LogP contribution in [-0.2, 0) is 30.8 Å². The standard InChI is InChI=1S/C19H22N2O5S2/c1-20-28(24,25)17-9-6-14(7-10-17)8-11-19(23)26-13-18(22)21-15-4-3-5-16(12-15)27-2/h3-7,9-10,12,20H,8,11,13H2,1-2H3,(H,21,22). The molecule has 28 heavy (non-hydrogen) atoms. The van der Waals surface area contributed by atoms with E-state index in [-0.39, 0.29) is 17.9 Å². The Labute approximate surface area is 168 Å². The van der Waals surface area contributed by atoms with Gasteiger partial charge in [-0.1, -0.05) is 18.2 Å². The number of ether oxygens (including phenoxy) is 1. The van der Waals surface area contributed by atoms with E-state index in [1.54, 1.807) is 30.0 Å². The zero-order chi connectivity index (χ0) is 20.6. The van der Waals surface area contributed by atoms with E-state index in [0.29, 0.717) is 12.1 Å². The van der Waals surface area contributed by atoms with Crippen LogP contribution in [0, 0.1) is 0 Å². The molecule has 0 atom stereocenters. The van der Waals surface area contributed by atoms with Crippen molar-refractivity contribution in [2.45, 2.75) is 22.6 Å². The van der Waals surface area contributed by atoms with Gasteiger partial charge in [-0.2, -0.15) is 0 Å². The van der Waals surface area contributed by atoms with E-state index < -0.39 is 21.9 Å². The summed E-state index contributed by atoms with van der Waals surface area (Å²) in [7, 11) is -2.14. The number of amides is 1. The third kappa shape index (κ3) is 6.66. The van der Waals surface area contributed by atoms with E-state index in [1.807, 2.05) is 24.5 Å². The molecule has 0 fully saturated rings. The monoisotopic (exact) mass is 422 g/mol. The minimum atomic E-state index is -3.48. The van der Waals surface area contributed by atoms with E-state index in [0.717, 1.165) is 10.5 Å². The van der Waals surface area contributed by atoms with Crippen LogP contribution in [0.4, 0.5) is 5.69 Å². The lowest BCUT2D eigenvalue weighted by Gasteiger charge is -2.08. The quantitative estimate of drug-likeness (QED) is 0.475. The number of esters is 1. The highest BCUT2D eigenvalue weighted by molar-refractivity contribution is 7.98. The summed E-state index contributed by atoms with van der Waals surface area (Å²) in [5.74, 6) is -0.909. The molecule has 1 amide bonds. The second-order valence-corrected chi connectivity index (χ2v) is 8.56. The van der Waals surface area contributed by atoms with Gasteiger partial charge in [-0.3, -0.25) is 9.59 Å². The number of thioether (sulfide) groups is 1. The van der Waals surface area contributed by atoms with E-state index in [4.69, 9.17) is 4.74 Å². The number of carbonyl (C=O) groups is 2. The number of hydrogen-bond acceptors (Lipinski definition) is 6. The predicted molar refractivity (Wildman–Crippen MR) is 109 cm³/mol. The van der Waals surface area contributed by atoms with Crippen molar-refractivity contribution in [3.63, 3.8) is 0 Å². The van der Waals surface area contributed by atoms with Gasteiger partial charge < -0.3 is 10.1 Å². The van der Waals surface area contributed by atoms with Gasteiger partial charge in [0.05, 0.1) is 4.90 Å². The second-order valence-electron chi connectivity index (χ2n) is 5.79. The third-order valence-corrected chi connectivity index (χ3v) is 5.99. The van der Waals surface area contributed by atoms with Crippen molar-refractivity contribution in [2.75, 3.05) is 25.2 Å². The molecule has 2 aromatic carbocycles. The van der Waals surface area contributed by atoms with Crippen molar-refractivity contribution in [2.24, 2.45) is 0 Å². The molecule has 0 aliphatic heterocycles. The second kappa shape index (κ2) is 10.3. The Morgan fingerprint density at radius 1 is 1.11 bits per heavy atom. The van der Waals surface area contributed by atoms with Gasteiger partial charge in [-0.05, 0) is 55.6 Å². The van der Waals surface area contributed by atoms with Gasteiger partial charge in [0.25, 0.3) is 5.91 Å². The molecule has 0 spiro atoms. The molecule has 0 saturated carbocycles. The Bertz CT molecular complexity index is 928. The average molecular weight is 423 g/mol. The molecule has 0 saturated heterocycles. The summed E-state index contributed by atoms with van der Waals surface area (Å²) in [6, 6.07) is 13.6. The van der Waals surface area contributed by atoms with Crippen molar-refractivity contribution in [3.05, 3.63) is 54.1 Å². The number of aryl methyl sites for hydroxylation is 1. The van der Waals surface area contributed by atoms with Gasteiger partial charge in [0.1, 0.15) is 0 Å². The smallest absolute Gasteiger partial charge is 0.306 e. The van der Waals surface area contributed by atoms with Gasteiger partial charge in [-0.25, -0.2) is 13.1 Å². The number of rotatable bonds is 9. The first-order valence-electron chi connectivity index (χ1n) is 8.46. The lowest BCUT2D eigenvalue weighted by Crippen LogP contribution is -2.21. The van der Waals surface area contributed by atoms with Crippen LogP contribution < -0.4 is 10.0 Å². The Morgan fingerprint density at radius 3 is 2.46 bits per heavy atom. The molecule has 2 N–H and O–H groups in total. The zero-order valence-corrected chi connectivity index (χ0v) is 17.2. The first-order valence-corrected chi connectivity index (χ1v) is 11.2. The zero-order valence-electron chi connectivity index (χ0n) is 15.6. The maximum atomic E-state index is 11.9. The topological polar surface area (TPSA) is 102 Å². The maximum Gasteiger partial charge on any atom is 0.306 e. The fraction of sp³-hybridized carbons (Fsp3) is 0.263. The van der Waals surface area contributed by atoms with Crippen LogP contribution in [0.2, 0.25) is 0 Å². The Morgan fingerprint density at radius 2 is 1.82 bits per heavy atom. The van der Waals surface area contributed by atoms with E-state index >= 15 is 0 Å². The van der Waals surface area contributed by atoms with Crippen LogP contribution in [-0.4, -0.2) is 40.2 Å². The number of anilines is 1. The number of hydrogen-bond donors (Lipinski definition) is 2. The Hall–Kier alpha value is -2.36. The summed E-state index contributed by atoms with van der Waals surface area (Å²) in [5, 5.41) is 2.68. The summed E-state index contributed by atoms with van der Waals surface area (Å²) < 4.78 is 30.6. The number of nitrogens with one attached hydrogen (secondary N) is 2. The van der Waals surface area contributed by atoms with Crippen LogP contribution in [0.5, 0.6) is 0 Å². The van der Waals surface area contributed by atoms with Crippen LogP contribution in [0.1, 0.15) is 12.0 Å². The molecule has 150 valence electrons. The van der Waals surface area contributed by atoms with E-state index in [2.05, 4.69) is 10.0 Å². The number of sulfonamides is 1. The van der Waals surface area contributed by atoms with Gasteiger partial charge in [-0.15, -0.1) is 11.8 Å². The minimum Gasteiger partial charge on any atom is -0.456 e. The first-order chi connectivity index (χ1) is 13.3. The molecule has 0 bridgehead atoms. The Balaban J connectivity index is 1.77. The summed E-state index contributed by atoms with van der Waals surface area (Å²) in [5.41, 5.74) is 1.44. The molecule has 0 aliphatic carbocycles. The van der Waals surface area contributed by atoms with Gasteiger partial charge >= 0.3 is 5.97 Å². The van der Waals surface area contributed by atoms with Gasteiger partial charge in [0.2, 0.25) is 10.0 Å². The molecular weight excluding hydrogens is 400 g/mol. The normalized spacial score (nSPS) is 11.1. The minimum absolute atomic E-state index is 0.0906.